The number of hydrogen-bond acceptors (Lipinski definition) is 5. The van der Waals surface area contributed by atoms with Crippen LogP contribution in [0.5, 0.6) is 0 Å². The normalized spacial score (nSPS) is 14.1. The molecule has 3 unspecified atom stereocenters. The van der Waals surface area contributed by atoms with Gasteiger partial charge in [0.15, 0.2) is 0 Å². The number of aliphatic hydroxyl groups is 2. The van der Waals surface area contributed by atoms with E-state index in [1.165, 1.54) is 147 Å². The molecule has 8 heteroatoms. The van der Waals surface area contributed by atoms with Crippen LogP contribution in [0, 0.1) is 0 Å². The number of rotatable bonds is 40. The van der Waals surface area contributed by atoms with Crippen LogP contribution in [0.3, 0.4) is 0 Å². The van der Waals surface area contributed by atoms with Gasteiger partial charge in [-0.25, -0.2) is 0 Å². The molecular formula is C45H85NO6S. The fourth-order valence-electron chi connectivity index (χ4n) is 6.72. The molecule has 0 saturated carbocycles. The summed E-state index contributed by atoms with van der Waals surface area (Å²) in [5, 5.41) is 23.4. The molecule has 3 atom stereocenters. The van der Waals surface area contributed by atoms with Gasteiger partial charge in [0.25, 0.3) is 10.1 Å². The maximum Gasteiger partial charge on any atom is 0.267 e. The van der Waals surface area contributed by atoms with Crippen molar-refractivity contribution in [2.75, 3.05) is 5.75 Å². The third-order valence-electron chi connectivity index (χ3n) is 10.2. The molecule has 0 aromatic heterocycles. The lowest BCUT2D eigenvalue weighted by molar-refractivity contribution is -0.130. The van der Waals surface area contributed by atoms with E-state index in [0.29, 0.717) is 12.8 Å². The van der Waals surface area contributed by atoms with Crippen molar-refractivity contribution in [3.8, 4) is 0 Å². The van der Waals surface area contributed by atoms with Crippen LogP contribution in [0.25, 0.3) is 0 Å². The predicted octanol–water partition coefficient (Wildman–Crippen LogP) is 12.3. The topological polar surface area (TPSA) is 124 Å². The third-order valence-corrected chi connectivity index (χ3v) is 10.9. The molecule has 0 aromatic rings. The fourth-order valence-corrected chi connectivity index (χ4v) is 7.46. The quantitative estimate of drug-likeness (QED) is 0.0280. The zero-order chi connectivity index (χ0) is 39.1. The lowest BCUT2D eigenvalue weighted by atomic mass is 10.0. The first-order valence-corrected chi connectivity index (χ1v) is 23.9. The summed E-state index contributed by atoms with van der Waals surface area (Å²) >= 11 is 0. The zero-order valence-corrected chi connectivity index (χ0v) is 35.3. The van der Waals surface area contributed by atoms with E-state index in [0.717, 1.165) is 44.9 Å². The van der Waals surface area contributed by atoms with Crippen LogP contribution in [0.15, 0.2) is 36.5 Å². The van der Waals surface area contributed by atoms with Gasteiger partial charge < -0.3 is 15.5 Å². The largest absolute Gasteiger partial charge is 0.387 e. The van der Waals surface area contributed by atoms with Crippen LogP contribution in [0.2, 0.25) is 0 Å². The van der Waals surface area contributed by atoms with Gasteiger partial charge in [0.2, 0.25) is 5.91 Å². The monoisotopic (exact) mass is 768 g/mol. The number of carbonyl (C=O) groups is 1. The minimum Gasteiger partial charge on any atom is -0.387 e. The van der Waals surface area contributed by atoms with Gasteiger partial charge in [-0.1, -0.05) is 211 Å². The van der Waals surface area contributed by atoms with Gasteiger partial charge in [-0.2, -0.15) is 8.42 Å². The van der Waals surface area contributed by atoms with E-state index < -0.39 is 40.0 Å². The summed E-state index contributed by atoms with van der Waals surface area (Å²) in [4.78, 5) is 12.6. The molecule has 4 N–H and O–H groups in total. The van der Waals surface area contributed by atoms with Gasteiger partial charge in [-0.05, 0) is 44.9 Å². The highest BCUT2D eigenvalue weighted by Gasteiger charge is 2.27. The van der Waals surface area contributed by atoms with E-state index in [1.54, 1.807) is 6.08 Å². The highest BCUT2D eigenvalue weighted by atomic mass is 32.2. The van der Waals surface area contributed by atoms with Crippen LogP contribution in [0.4, 0.5) is 0 Å². The number of nitrogens with one attached hydrogen (secondary N) is 1. The zero-order valence-electron chi connectivity index (χ0n) is 34.5. The molecule has 53 heavy (non-hydrogen) atoms. The molecule has 312 valence electrons. The summed E-state index contributed by atoms with van der Waals surface area (Å²) in [6.45, 7) is 4.51. The van der Waals surface area contributed by atoms with Gasteiger partial charge in [0.05, 0.1) is 17.9 Å². The van der Waals surface area contributed by atoms with Crippen molar-refractivity contribution >= 4 is 16.0 Å². The molecule has 0 fully saturated rings. The van der Waals surface area contributed by atoms with E-state index >= 15 is 0 Å². The molecule has 0 saturated heterocycles. The molecule has 0 spiro atoms. The van der Waals surface area contributed by atoms with Gasteiger partial charge in [-0.15, -0.1) is 0 Å². The minimum absolute atomic E-state index is 0.274. The van der Waals surface area contributed by atoms with Crippen molar-refractivity contribution in [1.82, 2.24) is 5.32 Å². The van der Waals surface area contributed by atoms with Crippen molar-refractivity contribution in [2.45, 2.75) is 238 Å². The first-order valence-electron chi connectivity index (χ1n) is 22.3. The Morgan fingerprint density at radius 3 is 1.25 bits per heavy atom. The molecule has 0 aliphatic heterocycles. The first-order chi connectivity index (χ1) is 25.7. The van der Waals surface area contributed by atoms with Crippen molar-refractivity contribution in [1.29, 1.82) is 0 Å². The second kappa shape index (κ2) is 38.8. The molecule has 7 nitrogen and oxygen atoms in total. The molecule has 0 bridgehead atoms. The highest BCUT2D eigenvalue weighted by Crippen LogP contribution is 2.16. The van der Waals surface area contributed by atoms with E-state index in [1.807, 2.05) is 0 Å². The molecule has 0 rings (SSSR count). The molecular weight excluding hydrogens is 683 g/mol. The summed E-state index contributed by atoms with van der Waals surface area (Å²) in [6, 6.07) is -1.25. The smallest absolute Gasteiger partial charge is 0.267 e. The fraction of sp³-hybridized carbons (Fsp3) is 0.844. The van der Waals surface area contributed by atoms with Crippen LogP contribution in [-0.4, -0.2) is 53.1 Å². The first kappa shape index (κ1) is 51.5. The Morgan fingerprint density at radius 1 is 0.509 bits per heavy atom. The Hall–Kier alpha value is -1.48. The standard InChI is InChI=1S/C45H85NO6S/c1-3-5-7-9-11-13-15-17-19-21-22-23-24-26-28-30-32-34-36-38-40-44(48)45(49)46-42(41-53(50,51)52)43(47)39-37-35-33-31-29-27-25-20-18-16-14-12-10-8-6-4-2/h18,20,29,31,37,39,42-44,47-48H,3-17,19,21-28,30,32-36,38,40-41H2,1-2H3,(H,46,49)(H,50,51,52)/b20-18+,31-29+,39-37+. The Labute approximate surface area is 328 Å². The van der Waals surface area contributed by atoms with Crippen LogP contribution in [-0.2, 0) is 14.9 Å². The summed E-state index contributed by atoms with van der Waals surface area (Å²) < 4.78 is 32.6. The highest BCUT2D eigenvalue weighted by molar-refractivity contribution is 7.85. The van der Waals surface area contributed by atoms with Gasteiger partial charge in [0.1, 0.15) is 6.10 Å². The summed E-state index contributed by atoms with van der Waals surface area (Å²) in [5.74, 6) is -1.56. The lowest BCUT2D eigenvalue weighted by Gasteiger charge is -2.22. The van der Waals surface area contributed by atoms with Crippen molar-refractivity contribution < 1.29 is 28.0 Å². The van der Waals surface area contributed by atoms with Gasteiger partial charge in [-0.3, -0.25) is 9.35 Å². The van der Waals surface area contributed by atoms with E-state index in [9.17, 15) is 28.0 Å². The average molecular weight is 768 g/mol. The number of aliphatic hydroxyl groups excluding tert-OH is 2. The van der Waals surface area contributed by atoms with E-state index in [2.05, 4.69) is 43.5 Å². The van der Waals surface area contributed by atoms with Crippen molar-refractivity contribution in [2.24, 2.45) is 0 Å². The summed E-state index contributed by atoms with van der Waals surface area (Å²) in [6.07, 6.45) is 47.8. The molecule has 1 amide bonds. The second-order valence-electron chi connectivity index (χ2n) is 15.5. The Morgan fingerprint density at radius 2 is 0.849 bits per heavy atom. The molecule has 0 heterocycles. The molecule has 0 radical (unpaired) electrons. The Kier molecular flexibility index (Phi) is 37.7. The maximum absolute atomic E-state index is 12.6. The lowest BCUT2D eigenvalue weighted by Crippen LogP contribution is -2.50. The Bertz CT molecular complexity index is 995. The van der Waals surface area contributed by atoms with E-state index in [-0.39, 0.29) is 6.42 Å². The average Bonchev–Trinajstić information content (AvgIpc) is 3.12. The number of unbranched alkanes of at least 4 members (excludes halogenated alkanes) is 27. The van der Waals surface area contributed by atoms with Crippen molar-refractivity contribution in [3.05, 3.63) is 36.5 Å². The van der Waals surface area contributed by atoms with Crippen LogP contribution < -0.4 is 5.32 Å². The second-order valence-corrected chi connectivity index (χ2v) is 17.0. The number of hydrogen-bond donors (Lipinski definition) is 4. The van der Waals surface area contributed by atoms with Gasteiger partial charge in [0, 0.05) is 0 Å². The number of carbonyl (C=O) groups excluding carboxylic acids is 1. The third kappa shape index (κ3) is 38.6. The SMILES string of the molecule is CCCCCCCC/C=C/CC/C=C/CC/C=C/C(O)C(CS(=O)(=O)O)NC(=O)C(O)CCCCCCCCCCCCCCCCCCCCCC. The van der Waals surface area contributed by atoms with E-state index in [4.69, 9.17) is 0 Å². The summed E-state index contributed by atoms with van der Waals surface area (Å²) in [7, 11) is -4.46. The van der Waals surface area contributed by atoms with Crippen LogP contribution in [0.1, 0.15) is 219 Å². The maximum atomic E-state index is 12.6. The number of allylic oxidation sites excluding steroid dienone is 5. The molecule has 0 aliphatic rings. The van der Waals surface area contributed by atoms with Crippen molar-refractivity contribution in [3.63, 3.8) is 0 Å². The molecule has 0 aliphatic carbocycles. The predicted molar refractivity (Wildman–Crippen MR) is 227 cm³/mol. The van der Waals surface area contributed by atoms with Crippen LogP contribution >= 0.6 is 0 Å². The Balaban J connectivity index is 4.01. The minimum atomic E-state index is -4.46. The summed E-state index contributed by atoms with van der Waals surface area (Å²) in [5.41, 5.74) is 0. The molecule has 0 aromatic carbocycles. The number of amides is 1. The van der Waals surface area contributed by atoms with Gasteiger partial charge >= 0.3 is 0 Å².